The molecule has 1 heterocycles. The average molecular weight is 256 g/mol. The van der Waals surface area contributed by atoms with Gasteiger partial charge in [-0.25, -0.2) is 4.98 Å². The van der Waals surface area contributed by atoms with Gasteiger partial charge in [-0.2, -0.15) is 4.39 Å². The SMILES string of the molecule is COC(CNC(=O)c1ccc(F)nc1)CC(=O)O. The molecule has 0 aromatic carbocycles. The number of carboxylic acids is 1. The smallest absolute Gasteiger partial charge is 0.306 e. The molecule has 0 aliphatic heterocycles. The largest absolute Gasteiger partial charge is 0.481 e. The highest BCUT2D eigenvalue weighted by molar-refractivity contribution is 5.93. The highest BCUT2D eigenvalue weighted by Crippen LogP contribution is 2.00. The topological polar surface area (TPSA) is 88.5 Å². The lowest BCUT2D eigenvalue weighted by Gasteiger charge is -2.13. The molecule has 7 heteroatoms. The second-order valence-electron chi connectivity index (χ2n) is 3.54. The number of pyridine rings is 1. The molecule has 1 aromatic heterocycles. The van der Waals surface area contributed by atoms with E-state index in [0.29, 0.717) is 0 Å². The van der Waals surface area contributed by atoms with Crippen LogP contribution in [0.2, 0.25) is 0 Å². The Morgan fingerprint density at radius 3 is 2.78 bits per heavy atom. The summed E-state index contributed by atoms with van der Waals surface area (Å²) in [6.07, 6.45) is 0.280. The summed E-state index contributed by atoms with van der Waals surface area (Å²) in [5, 5.41) is 11.1. The molecule has 0 bridgehead atoms. The van der Waals surface area contributed by atoms with Gasteiger partial charge in [0.15, 0.2) is 0 Å². The monoisotopic (exact) mass is 256 g/mol. The van der Waals surface area contributed by atoms with E-state index in [4.69, 9.17) is 9.84 Å². The van der Waals surface area contributed by atoms with Crippen molar-refractivity contribution in [2.45, 2.75) is 12.5 Å². The number of nitrogens with one attached hydrogen (secondary N) is 1. The van der Waals surface area contributed by atoms with Gasteiger partial charge in [0.1, 0.15) is 0 Å². The Bertz CT molecular complexity index is 422. The Balaban J connectivity index is 2.49. The lowest BCUT2D eigenvalue weighted by atomic mass is 10.2. The Morgan fingerprint density at radius 2 is 2.28 bits per heavy atom. The van der Waals surface area contributed by atoms with Gasteiger partial charge in [-0.3, -0.25) is 9.59 Å². The minimum Gasteiger partial charge on any atom is -0.481 e. The molecule has 1 atom stereocenters. The lowest BCUT2D eigenvalue weighted by molar-refractivity contribution is -0.139. The van der Waals surface area contributed by atoms with Crippen LogP contribution in [0.3, 0.4) is 0 Å². The normalized spacial score (nSPS) is 11.9. The number of hydrogen-bond donors (Lipinski definition) is 2. The van der Waals surface area contributed by atoms with E-state index in [1.807, 2.05) is 0 Å². The van der Waals surface area contributed by atoms with Gasteiger partial charge in [-0.1, -0.05) is 0 Å². The molecule has 1 rings (SSSR count). The number of carboxylic acid groups (broad SMARTS) is 1. The third-order valence-electron chi connectivity index (χ3n) is 2.22. The number of carbonyl (C=O) groups excluding carboxylic acids is 1. The second kappa shape index (κ2) is 6.65. The second-order valence-corrected chi connectivity index (χ2v) is 3.54. The molecule has 1 unspecified atom stereocenters. The van der Waals surface area contributed by atoms with Crippen molar-refractivity contribution in [1.29, 1.82) is 0 Å². The number of aliphatic carboxylic acids is 1. The van der Waals surface area contributed by atoms with E-state index in [1.165, 1.54) is 13.2 Å². The number of rotatable bonds is 6. The number of nitrogens with zero attached hydrogens (tertiary/aromatic N) is 1. The summed E-state index contributed by atoms with van der Waals surface area (Å²) in [7, 11) is 1.36. The van der Waals surface area contributed by atoms with Gasteiger partial charge in [0.25, 0.3) is 5.91 Å². The molecular weight excluding hydrogens is 243 g/mol. The average Bonchev–Trinajstić information content (AvgIpc) is 2.34. The van der Waals surface area contributed by atoms with Crippen LogP contribution in [0.15, 0.2) is 18.3 Å². The van der Waals surface area contributed by atoms with E-state index in [9.17, 15) is 14.0 Å². The molecule has 0 radical (unpaired) electrons. The molecule has 6 nitrogen and oxygen atoms in total. The standard InChI is InChI=1S/C11H13FN2O4/c1-18-8(4-10(15)16)6-14-11(17)7-2-3-9(12)13-5-7/h2-3,5,8H,4,6H2,1H3,(H,14,17)(H,15,16). The van der Waals surface area contributed by atoms with Crippen molar-refractivity contribution in [3.05, 3.63) is 29.8 Å². The van der Waals surface area contributed by atoms with Gasteiger partial charge in [0.05, 0.1) is 18.1 Å². The zero-order chi connectivity index (χ0) is 13.5. The first-order chi connectivity index (χ1) is 8.52. The third-order valence-corrected chi connectivity index (χ3v) is 2.22. The molecule has 0 saturated heterocycles. The summed E-state index contributed by atoms with van der Waals surface area (Å²) in [5.74, 6) is -2.15. The maximum Gasteiger partial charge on any atom is 0.306 e. The first-order valence-corrected chi connectivity index (χ1v) is 5.17. The summed E-state index contributed by atoms with van der Waals surface area (Å²) in [4.78, 5) is 25.4. The van der Waals surface area contributed by atoms with Crippen LogP contribution >= 0.6 is 0 Å². The fourth-order valence-corrected chi connectivity index (χ4v) is 1.25. The van der Waals surface area contributed by atoms with Crippen molar-refractivity contribution in [1.82, 2.24) is 10.3 Å². The predicted octanol–water partition coefficient (Wildman–Crippen LogP) is 0.440. The van der Waals surface area contributed by atoms with E-state index < -0.39 is 23.9 Å². The van der Waals surface area contributed by atoms with Crippen LogP contribution in [0.1, 0.15) is 16.8 Å². The molecule has 0 spiro atoms. The van der Waals surface area contributed by atoms with Crippen molar-refractivity contribution in [3.8, 4) is 0 Å². The molecule has 0 aliphatic rings. The number of carbonyl (C=O) groups is 2. The lowest BCUT2D eigenvalue weighted by Crippen LogP contribution is -2.34. The highest BCUT2D eigenvalue weighted by atomic mass is 19.1. The van der Waals surface area contributed by atoms with Crippen LogP contribution in [-0.4, -0.2) is 41.7 Å². The van der Waals surface area contributed by atoms with Gasteiger partial charge in [-0.15, -0.1) is 0 Å². The summed E-state index contributed by atoms with van der Waals surface area (Å²) in [5.41, 5.74) is 0.196. The van der Waals surface area contributed by atoms with E-state index in [0.717, 1.165) is 12.3 Å². The zero-order valence-corrected chi connectivity index (χ0v) is 9.72. The van der Waals surface area contributed by atoms with Crippen molar-refractivity contribution >= 4 is 11.9 Å². The van der Waals surface area contributed by atoms with E-state index in [-0.39, 0.29) is 18.5 Å². The maximum absolute atomic E-state index is 12.5. The van der Waals surface area contributed by atoms with E-state index in [2.05, 4.69) is 10.3 Å². The molecule has 98 valence electrons. The van der Waals surface area contributed by atoms with Gasteiger partial charge in [0.2, 0.25) is 5.95 Å². The number of halogens is 1. The van der Waals surface area contributed by atoms with Crippen LogP contribution in [0.5, 0.6) is 0 Å². The summed E-state index contributed by atoms with van der Waals surface area (Å²) in [6.45, 7) is 0.0546. The summed E-state index contributed by atoms with van der Waals surface area (Å²) >= 11 is 0. The molecule has 1 amide bonds. The number of aromatic nitrogens is 1. The molecule has 2 N–H and O–H groups in total. The van der Waals surface area contributed by atoms with Gasteiger partial charge in [-0.05, 0) is 12.1 Å². The van der Waals surface area contributed by atoms with Gasteiger partial charge >= 0.3 is 5.97 Å². The van der Waals surface area contributed by atoms with Crippen LogP contribution in [-0.2, 0) is 9.53 Å². The van der Waals surface area contributed by atoms with Gasteiger partial charge < -0.3 is 15.2 Å². The highest BCUT2D eigenvalue weighted by Gasteiger charge is 2.14. The molecular formula is C11H13FN2O4. The third kappa shape index (κ3) is 4.46. The molecule has 0 aliphatic carbocycles. The van der Waals surface area contributed by atoms with E-state index in [1.54, 1.807) is 0 Å². The van der Waals surface area contributed by atoms with Crippen LogP contribution in [0, 0.1) is 5.95 Å². The van der Waals surface area contributed by atoms with Crippen molar-refractivity contribution in [3.63, 3.8) is 0 Å². The zero-order valence-electron chi connectivity index (χ0n) is 9.72. The minimum atomic E-state index is -1.01. The Hall–Kier alpha value is -2.02. The first kappa shape index (κ1) is 14.0. The summed E-state index contributed by atoms with van der Waals surface area (Å²) < 4.78 is 17.4. The fraction of sp³-hybridized carbons (Fsp3) is 0.364. The van der Waals surface area contributed by atoms with E-state index >= 15 is 0 Å². The Kier molecular flexibility index (Phi) is 5.19. The van der Waals surface area contributed by atoms with Crippen LogP contribution < -0.4 is 5.32 Å². The van der Waals surface area contributed by atoms with Gasteiger partial charge in [0, 0.05) is 19.9 Å². The number of amides is 1. The number of methoxy groups -OCH3 is 1. The molecule has 18 heavy (non-hydrogen) atoms. The molecule has 1 aromatic rings. The number of ether oxygens (including phenoxy) is 1. The van der Waals surface area contributed by atoms with Crippen LogP contribution in [0.4, 0.5) is 4.39 Å². The van der Waals surface area contributed by atoms with Crippen LogP contribution in [0.25, 0.3) is 0 Å². The molecule has 0 fully saturated rings. The predicted molar refractivity (Wildman–Crippen MR) is 59.6 cm³/mol. The summed E-state index contributed by atoms with van der Waals surface area (Å²) in [6, 6.07) is 2.36. The van der Waals surface area contributed by atoms with Crippen molar-refractivity contribution in [2.75, 3.05) is 13.7 Å². The van der Waals surface area contributed by atoms with Crippen molar-refractivity contribution < 1.29 is 23.8 Å². The Labute approximate surface area is 103 Å². The Morgan fingerprint density at radius 1 is 1.56 bits per heavy atom. The minimum absolute atomic E-state index is 0.0546. The first-order valence-electron chi connectivity index (χ1n) is 5.17. The number of hydrogen-bond acceptors (Lipinski definition) is 4. The molecule has 0 saturated carbocycles. The fourth-order valence-electron chi connectivity index (χ4n) is 1.25. The maximum atomic E-state index is 12.5. The van der Waals surface area contributed by atoms with Crippen molar-refractivity contribution in [2.24, 2.45) is 0 Å². The quantitative estimate of drug-likeness (QED) is 0.721.